The first-order valence-electron chi connectivity index (χ1n) is 39.5. The Morgan fingerprint density at radius 3 is 0.830 bits per heavy atom. The maximum Gasteiger partial charge on any atom is 0.472 e. The summed E-state index contributed by atoms with van der Waals surface area (Å²) < 4.78 is 68.5. The number of ether oxygens (including phenoxy) is 4. The molecular weight excluding hydrogens is 1310 g/mol. The van der Waals surface area contributed by atoms with Gasteiger partial charge in [0.1, 0.15) is 19.3 Å². The highest BCUT2D eigenvalue weighted by Gasteiger charge is 2.30. The quantitative estimate of drug-likeness (QED) is 0.0169. The molecule has 0 bridgehead atoms. The van der Waals surface area contributed by atoms with Gasteiger partial charge in [-0.1, -0.05) is 285 Å². The fraction of sp³-hybridized carbons (Fsp3) is 0.753. The number of carbonyl (C=O) groups is 4. The van der Waals surface area contributed by atoms with Crippen molar-refractivity contribution >= 4 is 39.5 Å². The molecule has 100 heavy (non-hydrogen) atoms. The van der Waals surface area contributed by atoms with Crippen molar-refractivity contribution in [3.05, 3.63) is 97.2 Å². The van der Waals surface area contributed by atoms with Gasteiger partial charge < -0.3 is 33.8 Å². The Balaban J connectivity index is 5.37. The normalized spacial score (nSPS) is 14.4. The molecule has 0 saturated heterocycles. The van der Waals surface area contributed by atoms with Crippen LogP contribution in [0.5, 0.6) is 0 Å². The van der Waals surface area contributed by atoms with Gasteiger partial charge in [0.25, 0.3) is 0 Å². The summed E-state index contributed by atoms with van der Waals surface area (Å²) in [5, 5.41) is 10.6. The van der Waals surface area contributed by atoms with E-state index in [4.69, 9.17) is 37.0 Å². The van der Waals surface area contributed by atoms with Gasteiger partial charge in [-0.05, 0) is 122 Å². The number of hydrogen-bond donors (Lipinski definition) is 3. The number of aliphatic hydroxyl groups is 1. The van der Waals surface area contributed by atoms with E-state index in [1.54, 1.807) is 0 Å². The van der Waals surface area contributed by atoms with Gasteiger partial charge in [0.2, 0.25) is 0 Å². The largest absolute Gasteiger partial charge is 0.472 e. The summed E-state index contributed by atoms with van der Waals surface area (Å²) in [6, 6.07) is 0. The van der Waals surface area contributed by atoms with E-state index >= 15 is 0 Å². The lowest BCUT2D eigenvalue weighted by Crippen LogP contribution is -2.30. The monoisotopic (exact) mass is 1450 g/mol. The third kappa shape index (κ3) is 72.3. The maximum absolute atomic E-state index is 13.1. The van der Waals surface area contributed by atoms with Gasteiger partial charge >= 0.3 is 39.5 Å². The van der Waals surface area contributed by atoms with Crippen molar-refractivity contribution in [1.82, 2.24) is 0 Å². The van der Waals surface area contributed by atoms with Crippen molar-refractivity contribution in [3.8, 4) is 0 Å². The van der Waals surface area contributed by atoms with Crippen molar-refractivity contribution < 1.29 is 80.2 Å². The van der Waals surface area contributed by atoms with Crippen LogP contribution in [0.15, 0.2) is 97.2 Å². The Labute approximate surface area is 607 Å². The van der Waals surface area contributed by atoms with Crippen molar-refractivity contribution in [2.45, 2.75) is 354 Å². The minimum atomic E-state index is -4.98. The molecule has 0 aliphatic rings. The molecule has 0 fully saturated rings. The first-order valence-corrected chi connectivity index (χ1v) is 42.5. The lowest BCUT2D eigenvalue weighted by atomic mass is 10.0. The number of esters is 4. The van der Waals surface area contributed by atoms with Crippen LogP contribution in [-0.4, -0.2) is 96.7 Å². The molecule has 0 heterocycles. The Kier molecular flexibility index (Phi) is 70.4. The second-order valence-electron chi connectivity index (χ2n) is 26.2. The van der Waals surface area contributed by atoms with E-state index in [-0.39, 0.29) is 25.7 Å². The number of carbonyl (C=O) groups excluding carboxylic acids is 4. The van der Waals surface area contributed by atoms with Gasteiger partial charge in [-0.25, -0.2) is 9.13 Å². The highest BCUT2D eigenvalue weighted by Crippen LogP contribution is 2.45. The molecule has 0 aromatic rings. The van der Waals surface area contributed by atoms with Crippen LogP contribution >= 0.6 is 15.6 Å². The van der Waals surface area contributed by atoms with Crippen LogP contribution in [0.3, 0.4) is 0 Å². The van der Waals surface area contributed by atoms with E-state index in [9.17, 15) is 43.2 Å². The number of aliphatic hydroxyl groups excluding tert-OH is 1. The summed E-state index contributed by atoms with van der Waals surface area (Å²) in [7, 11) is -9.96. The van der Waals surface area contributed by atoms with Crippen LogP contribution in [-0.2, 0) is 65.4 Å². The fourth-order valence-corrected chi connectivity index (χ4v) is 12.2. The van der Waals surface area contributed by atoms with Gasteiger partial charge in [0.15, 0.2) is 12.2 Å². The predicted molar refractivity (Wildman–Crippen MR) is 409 cm³/mol. The van der Waals surface area contributed by atoms with E-state index in [0.29, 0.717) is 25.7 Å². The van der Waals surface area contributed by atoms with Crippen LogP contribution in [0.1, 0.15) is 336 Å². The standard InChI is InChI=1S/C81H142O17P2/c1-5-9-13-17-21-25-29-33-36-37-40-43-46-50-54-58-62-66-79(84)92-72-77(98-81(86)68-64-60-56-52-48-44-39-35-31-27-23-19-15-11-7-3)74-96-100(89,90)94-70-75(82)69-93-99(87,88)95-73-76(97-80(85)67-63-59-55-51-47-41-32-28-24-20-16-12-8-4)71-91-78(83)65-61-57-53-49-45-42-38-34-30-26-22-18-14-10-6-2/h9-10,13-14,21-22,25-26,33-36,38-39,45,49,75-77,82H,5-8,11-12,15-20,23-24,27-32,37,40-44,46-48,50-74H2,1-4H3,(H,87,88)(H,89,90)/b13-9-,14-10-,25-21-,26-22-,36-33-,38-34-,39-35-,49-45-. The third-order valence-corrected chi connectivity index (χ3v) is 18.4. The SMILES string of the molecule is CC/C=C\C/C=C\C/C=C\C/C=C\CCCCC(=O)OCC(COP(=O)(O)OCC(O)COP(=O)(O)OCC(COC(=O)CCCCCCCCC/C=C\C/C=C\C/C=C\CC)OC(=O)CCCCCCC/C=C\CCCCCCCC)OC(=O)CCCCCCCCCCCCCCC. The second-order valence-corrected chi connectivity index (χ2v) is 29.2. The van der Waals surface area contributed by atoms with E-state index in [2.05, 4.69) is 125 Å². The number of rotatable bonds is 74. The van der Waals surface area contributed by atoms with E-state index < -0.39 is 97.5 Å². The summed E-state index contributed by atoms with van der Waals surface area (Å²) in [5.74, 6) is -2.22. The molecule has 0 saturated carbocycles. The van der Waals surface area contributed by atoms with Gasteiger partial charge in [-0.3, -0.25) is 37.3 Å². The lowest BCUT2D eigenvalue weighted by Gasteiger charge is -2.21. The average Bonchev–Trinajstić information content (AvgIpc) is 0.937. The van der Waals surface area contributed by atoms with Crippen molar-refractivity contribution in [2.24, 2.45) is 0 Å². The van der Waals surface area contributed by atoms with Gasteiger partial charge in [-0.15, -0.1) is 0 Å². The van der Waals surface area contributed by atoms with Gasteiger partial charge in [-0.2, -0.15) is 0 Å². The molecule has 19 heteroatoms. The minimum absolute atomic E-state index is 0.0830. The molecule has 578 valence electrons. The number of hydrogen-bond acceptors (Lipinski definition) is 15. The Morgan fingerprint density at radius 2 is 0.520 bits per heavy atom. The van der Waals surface area contributed by atoms with Crippen LogP contribution in [0.4, 0.5) is 0 Å². The molecule has 0 aliphatic carbocycles. The zero-order valence-corrected chi connectivity index (χ0v) is 64.9. The first-order chi connectivity index (χ1) is 48.7. The number of unbranched alkanes of at least 4 members (excludes halogenated alkanes) is 32. The minimum Gasteiger partial charge on any atom is -0.462 e. The van der Waals surface area contributed by atoms with Gasteiger partial charge in [0.05, 0.1) is 26.4 Å². The topological polar surface area (TPSA) is 237 Å². The van der Waals surface area contributed by atoms with Crippen molar-refractivity contribution in [1.29, 1.82) is 0 Å². The molecular formula is C81H142O17P2. The number of phosphoric ester groups is 2. The predicted octanol–water partition coefficient (Wildman–Crippen LogP) is 22.8. The van der Waals surface area contributed by atoms with E-state index in [0.717, 1.165) is 167 Å². The molecule has 5 atom stereocenters. The smallest absolute Gasteiger partial charge is 0.462 e. The molecule has 0 aromatic carbocycles. The van der Waals surface area contributed by atoms with E-state index in [1.807, 2.05) is 0 Å². The molecule has 0 aliphatic heterocycles. The molecule has 0 spiro atoms. The Bertz CT molecular complexity index is 2270. The van der Waals surface area contributed by atoms with Crippen molar-refractivity contribution in [3.63, 3.8) is 0 Å². The number of allylic oxidation sites excluding steroid dienone is 16. The summed E-state index contributed by atoms with van der Waals surface area (Å²) >= 11 is 0. The van der Waals surface area contributed by atoms with E-state index in [1.165, 1.54) is 89.9 Å². The molecule has 0 radical (unpaired) electrons. The second kappa shape index (κ2) is 73.3. The summed E-state index contributed by atoms with van der Waals surface area (Å²) in [5.41, 5.74) is 0. The summed E-state index contributed by atoms with van der Waals surface area (Å²) in [6.07, 6.45) is 76.7. The fourth-order valence-electron chi connectivity index (χ4n) is 10.6. The molecule has 17 nitrogen and oxygen atoms in total. The first kappa shape index (κ1) is 96.0. The van der Waals surface area contributed by atoms with Crippen LogP contribution in [0.2, 0.25) is 0 Å². The molecule has 0 rings (SSSR count). The molecule has 3 N–H and O–H groups in total. The maximum atomic E-state index is 13.1. The van der Waals surface area contributed by atoms with Crippen molar-refractivity contribution in [2.75, 3.05) is 39.6 Å². The highest BCUT2D eigenvalue weighted by atomic mass is 31.2. The summed E-state index contributed by atoms with van der Waals surface area (Å²) in [6.45, 7) is 4.62. The molecule has 0 amide bonds. The Morgan fingerprint density at radius 1 is 0.290 bits per heavy atom. The van der Waals surface area contributed by atoms with Crippen LogP contribution in [0, 0.1) is 0 Å². The lowest BCUT2D eigenvalue weighted by molar-refractivity contribution is -0.161. The molecule has 0 aromatic heterocycles. The Hall–Kier alpha value is -4.02. The van der Waals surface area contributed by atoms with Gasteiger partial charge in [0, 0.05) is 25.7 Å². The zero-order valence-electron chi connectivity index (χ0n) is 63.1. The number of phosphoric acid groups is 2. The van der Waals surface area contributed by atoms with Crippen LogP contribution in [0.25, 0.3) is 0 Å². The average molecular weight is 1450 g/mol. The zero-order chi connectivity index (χ0) is 73.2. The van der Waals surface area contributed by atoms with Crippen LogP contribution < -0.4 is 0 Å². The summed E-state index contributed by atoms with van der Waals surface area (Å²) in [4.78, 5) is 72.9. The highest BCUT2D eigenvalue weighted by molar-refractivity contribution is 7.47. The molecule has 5 unspecified atom stereocenters. The third-order valence-electron chi connectivity index (χ3n) is 16.5.